The van der Waals surface area contributed by atoms with Gasteiger partial charge in [-0.15, -0.1) is 0 Å². The van der Waals surface area contributed by atoms with Crippen molar-refractivity contribution >= 4 is 12.1 Å². The maximum atomic E-state index is 13.0. The smallest absolute Gasteiger partial charge is 0.271 e. The number of hydrogen-bond acceptors (Lipinski definition) is 6. The van der Waals surface area contributed by atoms with Gasteiger partial charge in [0.15, 0.2) is 23.0 Å². The highest BCUT2D eigenvalue weighted by molar-refractivity contribution is 5.95. The minimum Gasteiger partial charge on any atom is -0.493 e. The second-order valence-electron chi connectivity index (χ2n) is 7.05. The minimum absolute atomic E-state index is 0.270. The van der Waals surface area contributed by atoms with E-state index < -0.39 is 0 Å². The van der Waals surface area contributed by atoms with Crippen molar-refractivity contribution in [2.45, 2.75) is 20.5 Å². The molecule has 0 radical (unpaired) electrons. The fourth-order valence-electron chi connectivity index (χ4n) is 3.05. The van der Waals surface area contributed by atoms with Crippen LogP contribution < -0.4 is 24.4 Å². The van der Waals surface area contributed by atoms with Crippen molar-refractivity contribution in [3.8, 4) is 23.0 Å². The monoisotopic (exact) mass is 466 g/mol. The summed E-state index contributed by atoms with van der Waals surface area (Å²) in [4.78, 5) is 12.5. The van der Waals surface area contributed by atoms with Gasteiger partial charge in [0.05, 0.1) is 26.5 Å². The molecule has 0 aromatic heterocycles. The number of nitrogens with one attached hydrogen (secondary N) is 1. The van der Waals surface area contributed by atoms with Crippen LogP contribution in [0.3, 0.4) is 0 Å². The number of carbonyl (C=O) groups is 1. The van der Waals surface area contributed by atoms with Gasteiger partial charge in [0, 0.05) is 5.56 Å². The molecule has 0 saturated carbocycles. The van der Waals surface area contributed by atoms with E-state index in [0.29, 0.717) is 47.3 Å². The normalized spacial score (nSPS) is 10.7. The zero-order valence-corrected chi connectivity index (χ0v) is 19.3. The summed E-state index contributed by atoms with van der Waals surface area (Å²) in [7, 11) is 1.53. The standard InChI is InChI=1S/C26H27FN2O5/c1-4-32-23-13-9-20(15-25(23)33-5-2)26(30)29-28-16-19-8-12-22(24(14-19)31-3)34-17-18-6-10-21(27)11-7-18/h6-16H,4-5,17H2,1-3H3,(H,29,30)/b28-16+. The first-order valence-electron chi connectivity index (χ1n) is 10.8. The average molecular weight is 467 g/mol. The lowest BCUT2D eigenvalue weighted by Crippen LogP contribution is -2.17. The molecule has 0 aliphatic heterocycles. The van der Waals surface area contributed by atoms with Crippen LogP contribution >= 0.6 is 0 Å². The third kappa shape index (κ3) is 6.71. The Morgan fingerprint density at radius 3 is 2.26 bits per heavy atom. The molecule has 7 nitrogen and oxygen atoms in total. The molecule has 0 spiro atoms. The van der Waals surface area contributed by atoms with Crippen molar-refractivity contribution in [3.05, 3.63) is 83.2 Å². The van der Waals surface area contributed by atoms with Gasteiger partial charge < -0.3 is 18.9 Å². The van der Waals surface area contributed by atoms with E-state index in [-0.39, 0.29) is 18.3 Å². The minimum atomic E-state index is -0.383. The fourth-order valence-corrected chi connectivity index (χ4v) is 3.05. The van der Waals surface area contributed by atoms with Crippen LogP contribution in [0.5, 0.6) is 23.0 Å². The lowest BCUT2D eigenvalue weighted by atomic mass is 10.2. The van der Waals surface area contributed by atoms with Crippen LogP contribution in [0.15, 0.2) is 65.8 Å². The van der Waals surface area contributed by atoms with Crippen molar-refractivity contribution in [2.75, 3.05) is 20.3 Å². The van der Waals surface area contributed by atoms with Crippen molar-refractivity contribution in [2.24, 2.45) is 5.10 Å². The highest BCUT2D eigenvalue weighted by atomic mass is 19.1. The molecule has 0 saturated heterocycles. The van der Waals surface area contributed by atoms with Gasteiger partial charge in [-0.05, 0) is 73.5 Å². The molecular weight excluding hydrogens is 439 g/mol. The van der Waals surface area contributed by atoms with E-state index in [1.807, 2.05) is 13.8 Å². The van der Waals surface area contributed by atoms with Gasteiger partial charge in [-0.25, -0.2) is 9.82 Å². The predicted octanol–water partition coefficient (Wildman–Crippen LogP) is 4.97. The Bertz CT molecular complexity index is 1130. The summed E-state index contributed by atoms with van der Waals surface area (Å²) in [5.74, 6) is 1.44. The van der Waals surface area contributed by atoms with Crippen LogP contribution in [-0.2, 0) is 6.61 Å². The largest absolute Gasteiger partial charge is 0.493 e. The molecule has 0 fully saturated rings. The van der Waals surface area contributed by atoms with Crippen molar-refractivity contribution < 1.29 is 28.1 Å². The molecule has 3 rings (SSSR count). The molecule has 0 aliphatic carbocycles. The molecule has 0 unspecified atom stereocenters. The topological polar surface area (TPSA) is 78.4 Å². The molecule has 3 aromatic rings. The van der Waals surface area contributed by atoms with Gasteiger partial charge in [0.25, 0.3) is 5.91 Å². The molecule has 0 atom stereocenters. The van der Waals surface area contributed by atoms with E-state index in [9.17, 15) is 9.18 Å². The van der Waals surface area contributed by atoms with Crippen molar-refractivity contribution in [1.82, 2.24) is 5.43 Å². The number of hydrazone groups is 1. The Kier molecular flexibility index (Phi) is 8.85. The molecule has 34 heavy (non-hydrogen) atoms. The lowest BCUT2D eigenvalue weighted by Gasteiger charge is -2.12. The van der Waals surface area contributed by atoms with Crippen molar-refractivity contribution in [3.63, 3.8) is 0 Å². The number of hydrogen-bond donors (Lipinski definition) is 1. The van der Waals surface area contributed by atoms with Crippen LogP contribution in [0.4, 0.5) is 4.39 Å². The van der Waals surface area contributed by atoms with Gasteiger partial charge in [-0.2, -0.15) is 5.10 Å². The number of benzene rings is 3. The number of carbonyl (C=O) groups excluding carboxylic acids is 1. The number of amides is 1. The first-order chi connectivity index (χ1) is 16.5. The highest BCUT2D eigenvalue weighted by Gasteiger charge is 2.11. The third-order valence-electron chi connectivity index (χ3n) is 4.68. The first-order valence-corrected chi connectivity index (χ1v) is 10.8. The van der Waals surface area contributed by atoms with Gasteiger partial charge in [0.2, 0.25) is 0 Å². The molecule has 1 N–H and O–H groups in total. The van der Waals surface area contributed by atoms with Gasteiger partial charge in [-0.3, -0.25) is 4.79 Å². The summed E-state index contributed by atoms with van der Waals surface area (Å²) in [5.41, 5.74) is 4.43. The van der Waals surface area contributed by atoms with Gasteiger partial charge in [-0.1, -0.05) is 12.1 Å². The zero-order valence-electron chi connectivity index (χ0n) is 19.3. The zero-order chi connectivity index (χ0) is 24.3. The maximum absolute atomic E-state index is 13.0. The van der Waals surface area contributed by atoms with E-state index in [4.69, 9.17) is 18.9 Å². The molecule has 0 bridgehead atoms. The molecule has 0 heterocycles. The van der Waals surface area contributed by atoms with E-state index in [2.05, 4.69) is 10.5 Å². The number of halogens is 1. The van der Waals surface area contributed by atoms with Gasteiger partial charge >= 0.3 is 0 Å². The van der Waals surface area contributed by atoms with Gasteiger partial charge in [0.1, 0.15) is 12.4 Å². The Morgan fingerprint density at radius 2 is 1.56 bits per heavy atom. The van der Waals surface area contributed by atoms with E-state index in [0.717, 1.165) is 5.56 Å². The quantitative estimate of drug-likeness (QED) is 0.319. The molecule has 3 aromatic carbocycles. The Labute approximate surface area is 198 Å². The molecule has 0 aliphatic rings. The Hall–Kier alpha value is -4.07. The maximum Gasteiger partial charge on any atom is 0.271 e. The van der Waals surface area contributed by atoms with Crippen LogP contribution in [-0.4, -0.2) is 32.4 Å². The number of ether oxygens (including phenoxy) is 4. The summed E-state index contributed by atoms with van der Waals surface area (Å²) < 4.78 is 35.3. The number of rotatable bonds is 11. The summed E-state index contributed by atoms with van der Waals surface area (Å²) >= 11 is 0. The average Bonchev–Trinajstić information content (AvgIpc) is 2.85. The lowest BCUT2D eigenvalue weighted by molar-refractivity contribution is 0.0954. The van der Waals surface area contributed by atoms with Crippen LogP contribution in [0.2, 0.25) is 0 Å². The molecule has 178 valence electrons. The Balaban J connectivity index is 1.63. The molecule has 8 heteroatoms. The van der Waals surface area contributed by atoms with Crippen molar-refractivity contribution in [1.29, 1.82) is 0 Å². The van der Waals surface area contributed by atoms with E-state index in [1.165, 1.54) is 25.5 Å². The van der Waals surface area contributed by atoms with Crippen LogP contribution in [0.25, 0.3) is 0 Å². The van der Waals surface area contributed by atoms with Crippen LogP contribution in [0.1, 0.15) is 35.3 Å². The molecular formula is C26H27FN2O5. The Morgan fingerprint density at radius 1 is 0.882 bits per heavy atom. The fraction of sp³-hybridized carbons (Fsp3) is 0.231. The first kappa shape index (κ1) is 24.6. The summed E-state index contributed by atoms with van der Waals surface area (Å²) in [5, 5.41) is 4.03. The summed E-state index contributed by atoms with van der Waals surface area (Å²) in [6.45, 7) is 4.96. The second-order valence-corrected chi connectivity index (χ2v) is 7.05. The predicted molar refractivity (Wildman–Crippen MR) is 128 cm³/mol. The second kappa shape index (κ2) is 12.2. The third-order valence-corrected chi connectivity index (χ3v) is 4.68. The van der Waals surface area contributed by atoms with E-state index in [1.54, 1.807) is 48.5 Å². The number of methoxy groups -OCH3 is 1. The molecule has 1 amide bonds. The summed E-state index contributed by atoms with van der Waals surface area (Å²) in [6, 6.07) is 16.3. The van der Waals surface area contributed by atoms with Crippen LogP contribution in [0, 0.1) is 5.82 Å². The summed E-state index contributed by atoms with van der Waals surface area (Å²) in [6.07, 6.45) is 1.50. The SMILES string of the molecule is CCOc1ccc(C(=O)N/N=C/c2ccc(OCc3ccc(F)cc3)c(OC)c2)cc1OCC. The number of nitrogens with zero attached hydrogens (tertiary/aromatic N) is 1. The highest BCUT2D eigenvalue weighted by Crippen LogP contribution is 2.29. The van der Waals surface area contributed by atoms with E-state index >= 15 is 0 Å².